The van der Waals surface area contributed by atoms with Crippen LogP contribution < -0.4 is 15.5 Å². The number of ether oxygens (including phenoxy) is 1. The van der Waals surface area contributed by atoms with Crippen LogP contribution in [-0.2, 0) is 27.5 Å². The zero-order valence-electron chi connectivity index (χ0n) is 21.0. The van der Waals surface area contributed by atoms with E-state index in [0.29, 0.717) is 18.7 Å². The highest BCUT2D eigenvalue weighted by atomic mass is 32.2. The van der Waals surface area contributed by atoms with Crippen molar-refractivity contribution in [1.29, 1.82) is 0 Å². The summed E-state index contributed by atoms with van der Waals surface area (Å²) in [6.45, 7) is 2.50. The molecule has 0 aliphatic carbocycles. The Morgan fingerprint density at radius 1 is 1.03 bits per heavy atom. The van der Waals surface area contributed by atoms with Crippen LogP contribution in [0.3, 0.4) is 0 Å². The molecule has 8 heteroatoms. The highest BCUT2D eigenvalue weighted by Gasteiger charge is 2.31. The Balaban J connectivity index is 1.56. The lowest BCUT2D eigenvalue weighted by atomic mass is 9.99. The van der Waals surface area contributed by atoms with Crippen LogP contribution in [0.1, 0.15) is 30.9 Å². The van der Waals surface area contributed by atoms with Crippen LogP contribution in [-0.4, -0.2) is 36.7 Å². The summed E-state index contributed by atoms with van der Waals surface area (Å²) >= 11 is 1.59. The van der Waals surface area contributed by atoms with Gasteiger partial charge in [0.05, 0.1) is 12.2 Å². The largest absolute Gasteiger partial charge is 0.445 e. The number of nitrogens with zero attached hydrogens (tertiary/aromatic N) is 1. The molecule has 0 bridgehead atoms. The van der Waals surface area contributed by atoms with E-state index in [-0.39, 0.29) is 18.4 Å². The zero-order valence-corrected chi connectivity index (χ0v) is 21.8. The summed E-state index contributed by atoms with van der Waals surface area (Å²) in [7, 11) is 1.53. The number of alkyl carbamates (subject to hydrolysis) is 1. The van der Waals surface area contributed by atoms with Gasteiger partial charge in [-0.05, 0) is 40.8 Å². The van der Waals surface area contributed by atoms with E-state index in [9.17, 15) is 14.4 Å². The number of rotatable bonds is 8. The van der Waals surface area contributed by atoms with E-state index in [1.807, 2.05) is 79.7 Å². The summed E-state index contributed by atoms with van der Waals surface area (Å²) in [5.74, 6) is 0.286. The second-order valence-corrected chi connectivity index (χ2v) is 9.82. The fourth-order valence-corrected chi connectivity index (χ4v) is 5.30. The van der Waals surface area contributed by atoms with Gasteiger partial charge < -0.3 is 20.3 Å². The number of hydrogen-bond acceptors (Lipinski definition) is 5. The quantitative estimate of drug-likeness (QED) is 0.432. The molecule has 1 aliphatic rings. The van der Waals surface area contributed by atoms with Gasteiger partial charge in [0.15, 0.2) is 0 Å². The smallest absolute Gasteiger partial charge is 0.407 e. The van der Waals surface area contributed by atoms with E-state index < -0.39 is 12.1 Å². The molecule has 3 amide bonds. The first kappa shape index (κ1) is 26.3. The first-order valence-electron chi connectivity index (χ1n) is 12.3. The van der Waals surface area contributed by atoms with Gasteiger partial charge in [0.1, 0.15) is 12.6 Å². The third-order valence-electron chi connectivity index (χ3n) is 6.12. The maximum atomic E-state index is 13.6. The zero-order chi connectivity index (χ0) is 26.2. The number of anilines is 1. The fourth-order valence-electron chi connectivity index (χ4n) is 4.23. The van der Waals surface area contributed by atoms with Gasteiger partial charge in [-0.1, -0.05) is 67.6 Å². The number of carbonyl (C=O) groups is 3. The molecule has 1 atom stereocenters. The summed E-state index contributed by atoms with van der Waals surface area (Å²) in [5, 5.41) is 5.39. The van der Waals surface area contributed by atoms with Gasteiger partial charge in [0, 0.05) is 24.1 Å². The molecule has 0 radical (unpaired) electrons. The van der Waals surface area contributed by atoms with Gasteiger partial charge in [-0.3, -0.25) is 9.59 Å². The van der Waals surface area contributed by atoms with Gasteiger partial charge in [0.25, 0.3) is 5.91 Å². The molecule has 0 unspecified atom stereocenters. The van der Waals surface area contributed by atoms with Gasteiger partial charge in [-0.25, -0.2) is 4.79 Å². The van der Waals surface area contributed by atoms with E-state index in [1.165, 1.54) is 7.05 Å². The van der Waals surface area contributed by atoms with Crippen molar-refractivity contribution in [3.8, 4) is 11.1 Å². The van der Waals surface area contributed by atoms with Crippen molar-refractivity contribution in [1.82, 2.24) is 10.6 Å². The number of benzene rings is 3. The fraction of sp³-hybridized carbons (Fsp3) is 0.276. The van der Waals surface area contributed by atoms with Crippen molar-refractivity contribution in [3.05, 3.63) is 83.9 Å². The van der Waals surface area contributed by atoms with Crippen LogP contribution in [0.4, 0.5) is 10.5 Å². The minimum absolute atomic E-state index is 0.101. The number of hydrogen-bond donors (Lipinski definition) is 2. The third kappa shape index (κ3) is 6.51. The third-order valence-corrected chi connectivity index (χ3v) is 7.28. The standard InChI is InChI=1S/C29H31N3O4S/c1-3-8-27(33)31-24-19-37-26-12-7-6-11-25(26)32(28(24)34)17-20-13-15-21(16-14-20)23-10-5-4-9-22(23)18-36-29(35)30-2/h4-7,9-16,24H,3,8,17-19H2,1-2H3,(H,30,35)(H,31,33)/t24-/m1/s1. The van der Waals surface area contributed by atoms with Gasteiger partial charge in [-0.2, -0.15) is 0 Å². The average molecular weight is 518 g/mol. The maximum absolute atomic E-state index is 13.6. The Kier molecular flexibility index (Phi) is 8.85. The molecule has 1 heterocycles. The van der Waals surface area contributed by atoms with Crippen LogP contribution in [0.25, 0.3) is 11.1 Å². The Labute approximate surface area is 221 Å². The number of para-hydroxylation sites is 1. The number of nitrogens with one attached hydrogen (secondary N) is 2. The lowest BCUT2D eigenvalue weighted by Gasteiger charge is -2.26. The molecule has 7 nitrogen and oxygen atoms in total. The first-order valence-corrected chi connectivity index (χ1v) is 13.3. The molecular formula is C29H31N3O4S. The molecule has 3 aromatic rings. The van der Waals surface area contributed by atoms with Crippen molar-refractivity contribution >= 4 is 35.4 Å². The van der Waals surface area contributed by atoms with Crippen molar-refractivity contribution in [2.75, 3.05) is 17.7 Å². The van der Waals surface area contributed by atoms with Crippen LogP contribution in [0.2, 0.25) is 0 Å². The Morgan fingerprint density at radius 2 is 1.76 bits per heavy atom. The van der Waals surface area contributed by atoms with E-state index in [2.05, 4.69) is 10.6 Å². The predicted molar refractivity (Wildman–Crippen MR) is 146 cm³/mol. The topological polar surface area (TPSA) is 87.7 Å². The molecule has 0 saturated carbocycles. The molecule has 0 aromatic heterocycles. The number of amides is 3. The Bertz CT molecular complexity index is 1260. The van der Waals surface area contributed by atoms with Crippen molar-refractivity contribution in [2.24, 2.45) is 0 Å². The second-order valence-electron chi connectivity index (χ2n) is 8.75. The highest BCUT2D eigenvalue weighted by Crippen LogP contribution is 2.35. The first-order chi connectivity index (χ1) is 18.0. The maximum Gasteiger partial charge on any atom is 0.407 e. The molecule has 3 aromatic carbocycles. The lowest BCUT2D eigenvalue weighted by Crippen LogP contribution is -2.49. The summed E-state index contributed by atoms with van der Waals surface area (Å²) in [6, 6.07) is 23.1. The summed E-state index contributed by atoms with van der Waals surface area (Å²) in [5.41, 5.74) is 4.69. The van der Waals surface area contributed by atoms with Gasteiger partial charge in [-0.15, -0.1) is 11.8 Å². The summed E-state index contributed by atoms with van der Waals surface area (Å²) < 4.78 is 5.25. The highest BCUT2D eigenvalue weighted by molar-refractivity contribution is 7.99. The molecular weight excluding hydrogens is 486 g/mol. The molecule has 37 heavy (non-hydrogen) atoms. The minimum atomic E-state index is -0.581. The second kappa shape index (κ2) is 12.5. The minimum Gasteiger partial charge on any atom is -0.445 e. The summed E-state index contributed by atoms with van der Waals surface area (Å²) in [4.78, 5) is 40.2. The van der Waals surface area contributed by atoms with Crippen LogP contribution in [0, 0.1) is 0 Å². The normalized spacial score (nSPS) is 14.9. The molecule has 0 saturated heterocycles. The summed E-state index contributed by atoms with van der Waals surface area (Å²) in [6.07, 6.45) is 0.658. The monoisotopic (exact) mass is 517 g/mol. The molecule has 4 rings (SSSR count). The van der Waals surface area contributed by atoms with Crippen molar-refractivity contribution < 1.29 is 19.1 Å². The van der Waals surface area contributed by atoms with Crippen LogP contribution in [0.15, 0.2) is 77.7 Å². The van der Waals surface area contributed by atoms with E-state index >= 15 is 0 Å². The number of fused-ring (bicyclic) bond motifs is 1. The SMILES string of the molecule is CCCC(=O)N[C@@H]1CSc2ccccc2N(Cc2ccc(-c3ccccc3COC(=O)NC)cc2)C1=O. The van der Waals surface area contributed by atoms with E-state index in [1.54, 1.807) is 16.7 Å². The van der Waals surface area contributed by atoms with Gasteiger partial charge in [0.2, 0.25) is 5.91 Å². The molecule has 2 N–H and O–H groups in total. The van der Waals surface area contributed by atoms with Gasteiger partial charge >= 0.3 is 6.09 Å². The lowest BCUT2D eigenvalue weighted by molar-refractivity contribution is -0.127. The molecule has 0 spiro atoms. The van der Waals surface area contributed by atoms with Crippen LogP contribution in [0.5, 0.6) is 0 Å². The number of carbonyl (C=O) groups excluding carboxylic acids is 3. The predicted octanol–water partition coefficient (Wildman–Crippen LogP) is 5.13. The van der Waals surface area contributed by atoms with Crippen molar-refractivity contribution in [2.45, 2.75) is 43.9 Å². The number of thioether (sulfide) groups is 1. The Hall–Kier alpha value is -3.78. The molecule has 192 valence electrons. The molecule has 0 fully saturated rings. The van der Waals surface area contributed by atoms with Crippen LogP contribution >= 0.6 is 11.8 Å². The van der Waals surface area contributed by atoms with E-state index in [4.69, 9.17) is 4.74 Å². The van der Waals surface area contributed by atoms with E-state index in [0.717, 1.165) is 39.3 Å². The Morgan fingerprint density at radius 3 is 2.51 bits per heavy atom. The molecule has 1 aliphatic heterocycles. The average Bonchev–Trinajstić information content (AvgIpc) is 3.05. The van der Waals surface area contributed by atoms with Crippen molar-refractivity contribution in [3.63, 3.8) is 0 Å².